The standard InChI is InChI=1S/C10H14N2O3S/c1-7-3-4-8(10(13)14)9(12-7)11-5-6-16(2)15/h3-4H,5-6H2,1-2H3,(H,11,12)(H,13,14). The molecule has 0 bridgehead atoms. The molecule has 0 aliphatic carbocycles. The van der Waals surface area contributed by atoms with Crippen molar-refractivity contribution in [1.29, 1.82) is 0 Å². The molecule has 88 valence electrons. The lowest BCUT2D eigenvalue weighted by molar-refractivity contribution is 0.0697. The van der Waals surface area contributed by atoms with Gasteiger partial charge in [0.05, 0.1) is 0 Å². The molecular weight excluding hydrogens is 228 g/mol. The molecule has 1 unspecified atom stereocenters. The fraction of sp³-hybridized carbons (Fsp3) is 0.400. The predicted octanol–water partition coefficient (Wildman–Crippen LogP) is 0.879. The van der Waals surface area contributed by atoms with Gasteiger partial charge in [0.15, 0.2) is 0 Å². The molecule has 16 heavy (non-hydrogen) atoms. The lowest BCUT2D eigenvalue weighted by Gasteiger charge is -2.08. The van der Waals surface area contributed by atoms with Crippen LogP contribution in [0.1, 0.15) is 16.1 Å². The summed E-state index contributed by atoms with van der Waals surface area (Å²) in [4.78, 5) is 15.0. The number of carboxylic acid groups (broad SMARTS) is 1. The Hall–Kier alpha value is -1.43. The maximum Gasteiger partial charge on any atom is 0.339 e. The molecule has 0 aliphatic heterocycles. The fourth-order valence-corrected chi connectivity index (χ4v) is 1.57. The first-order valence-electron chi connectivity index (χ1n) is 4.75. The Balaban J connectivity index is 2.80. The number of aromatic carboxylic acids is 1. The zero-order chi connectivity index (χ0) is 12.1. The van der Waals surface area contributed by atoms with E-state index in [4.69, 9.17) is 5.11 Å². The van der Waals surface area contributed by atoms with E-state index in [1.165, 1.54) is 6.07 Å². The first-order chi connectivity index (χ1) is 7.50. The molecule has 5 nitrogen and oxygen atoms in total. The van der Waals surface area contributed by atoms with Crippen LogP contribution < -0.4 is 5.32 Å². The van der Waals surface area contributed by atoms with Crippen molar-refractivity contribution in [3.8, 4) is 0 Å². The van der Waals surface area contributed by atoms with Crippen LogP contribution >= 0.6 is 0 Å². The third kappa shape index (κ3) is 3.62. The minimum Gasteiger partial charge on any atom is -0.478 e. The van der Waals surface area contributed by atoms with Crippen LogP contribution in [0.25, 0.3) is 0 Å². The van der Waals surface area contributed by atoms with Crippen molar-refractivity contribution in [3.05, 3.63) is 23.4 Å². The smallest absolute Gasteiger partial charge is 0.339 e. The van der Waals surface area contributed by atoms with Gasteiger partial charge in [-0.05, 0) is 19.1 Å². The van der Waals surface area contributed by atoms with Crippen LogP contribution in [0.15, 0.2) is 12.1 Å². The maximum atomic E-state index is 10.9. The third-order valence-corrected chi connectivity index (χ3v) is 2.73. The molecule has 0 spiro atoms. The number of rotatable bonds is 5. The first kappa shape index (κ1) is 12.6. The quantitative estimate of drug-likeness (QED) is 0.801. The Morgan fingerprint density at radius 1 is 1.56 bits per heavy atom. The van der Waals surface area contributed by atoms with Gasteiger partial charge in [-0.3, -0.25) is 4.21 Å². The molecule has 0 saturated carbocycles. The molecule has 6 heteroatoms. The van der Waals surface area contributed by atoms with Gasteiger partial charge in [-0.25, -0.2) is 9.78 Å². The normalized spacial score (nSPS) is 12.1. The third-order valence-electron chi connectivity index (χ3n) is 1.95. The summed E-state index contributed by atoms with van der Waals surface area (Å²) in [5, 5.41) is 11.8. The molecule has 1 aromatic heterocycles. The Bertz CT molecular complexity index is 421. The summed E-state index contributed by atoms with van der Waals surface area (Å²) < 4.78 is 10.9. The SMILES string of the molecule is Cc1ccc(C(=O)O)c(NCCS(C)=O)n1. The Morgan fingerprint density at radius 3 is 2.81 bits per heavy atom. The number of aromatic nitrogens is 1. The minimum absolute atomic E-state index is 0.132. The van der Waals surface area contributed by atoms with Gasteiger partial charge in [0, 0.05) is 35.0 Å². The van der Waals surface area contributed by atoms with E-state index in [2.05, 4.69) is 10.3 Å². The molecule has 1 rings (SSSR count). The maximum absolute atomic E-state index is 10.9. The highest BCUT2D eigenvalue weighted by Crippen LogP contribution is 2.12. The second kappa shape index (κ2) is 5.60. The van der Waals surface area contributed by atoms with Gasteiger partial charge in [0.1, 0.15) is 11.4 Å². The highest BCUT2D eigenvalue weighted by atomic mass is 32.2. The van der Waals surface area contributed by atoms with Gasteiger partial charge in [-0.1, -0.05) is 0 Å². The van der Waals surface area contributed by atoms with Crippen LogP contribution in [0.2, 0.25) is 0 Å². The highest BCUT2D eigenvalue weighted by Gasteiger charge is 2.10. The van der Waals surface area contributed by atoms with Gasteiger partial charge in [0.25, 0.3) is 0 Å². The van der Waals surface area contributed by atoms with E-state index in [1.807, 2.05) is 0 Å². The molecule has 1 atom stereocenters. The summed E-state index contributed by atoms with van der Waals surface area (Å²) in [5.74, 6) is -0.222. The molecule has 0 radical (unpaired) electrons. The average molecular weight is 242 g/mol. The van der Waals surface area contributed by atoms with Gasteiger partial charge < -0.3 is 10.4 Å². The monoisotopic (exact) mass is 242 g/mol. The summed E-state index contributed by atoms with van der Waals surface area (Å²) in [7, 11) is -0.900. The largest absolute Gasteiger partial charge is 0.478 e. The number of anilines is 1. The molecule has 1 heterocycles. The lowest BCUT2D eigenvalue weighted by atomic mass is 10.2. The van der Waals surface area contributed by atoms with Crippen LogP contribution in [0, 0.1) is 6.92 Å². The zero-order valence-corrected chi connectivity index (χ0v) is 10.0. The van der Waals surface area contributed by atoms with Gasteiger partial charge in [-0.2, -0.15) is 0 Å². The summed E-state index contributed by atoms with van der Waals surface area (Å²) in [5.41, 5.74) is 0.873. The Labute approximate surface area is 96.4 Å². The Morgan fingerprint density at radius 2 is 2.25 bits per heavy atom. The van der Waals surface area contributed by atoms with Crippen molar-refractivity contribution in [2.45, 2.75) is 6.92 Å². The van der Waals surface area contributed by atoms with Crippen molar-refractivity contribution in [2.75, 3.05) is 23.9 Å². The molecule has 0 fully saturated rings. The van der Waals surface area contributed by atoms with E-state index in [0.29, 0.717) is 18.1 Å². The van der Waals surface area contributed by atoms with Crippen LogP contribution in [-0.4, -0.2) is 38.8 Å². The summed E-state index contributed by atoms with van der Waals surface area (Å²) >= 11 is 0. The van der Waals surface area contributed by atoms with Crippen molar-refractivity contribution < 1.29 is 14.1 Å². The number of nitrogens with zero attached hydrogens (tertiary/aromatic N) is 1. The average Bonchev–Trinajstić information content (AvgIpc) is 2.16. The summed E-state index contributed by atoms with van der Waals surface area (Å²) in [6.45, 7) is 2.23. The van der Waals surface area contributed by atoms with Crippen molar-refractivity contribution in [1.82, 2.24) is 4.98 Å². The van der Waals surface area contributed by atoms with Gasteiger partial charge >= 0.3 is 5.97 Å². The molecule has 1 aromatic rings. The number of aryl methyl sites for hydroxylation is 1. The molecular formula is C10H14N2O3S. The van der Waals surface area contributed by atoms with E-state index in [1.54, 1.807) is 19.2 Å². The van der Waals surface area contributed by atoms with E-state index < -0.39 is 16.8 Å². The minimum atomic E-state index is -1.02. The van der Waals surface area contributed by atoms with Crippen LogP contribution in [0.3, 0.4) is 0 Å². The van der Waals surface area contributed by atoms with Crippen molar-refractivity contribution >= 4 is 22.6 Å². The first-order valence-corrected chi connectivity index (χ1v) is 6.48. The van der Waals surface area contributed by atoms with Crippen LogP contribution in [0.4, 0.5) is 5.82 Å². The van der Waals surface area contributed by atoms with Crippen molar-refractivity contribution in [2.24, 2.45) is 0 Å². The zero-order valence-electron chi connectivity index (χ0n) is 9.19. The second-order valence-corrected chi connectivity index (χ2v) is 4.91. The molecule has 2 N–H and O–H groups in total. The van der Waals surface area contributed by atoms with E-state index >= 15 is 0 Å². The van der Waals surface area contributed by atoms with E-state index in [9.17, 15) is 9.00 Å². The number of pyridine rings is 1. The lowest BCUT2D eigenvalue weighted by Crippen LogP contribution is -2.14. The van der Waals surface area contributed by atoms with Crippen LogP contribution in [0.5, 0.6) is 0 Å². The van der Waals surface area contributed by atoms with Gasteiger partial charge in [0.2, 0.25) is 0 Å². The van der Waals surface area contributed by atoms with Gasteiger partial charge in [-0.15, -0.1) is 0 Å². The second-order valence-electron chi connectivity index (χ2n) is 3.36. The summed E-state index contributed by atoms with van der Waals surface area (Å²) in [6.07, 6.45) is 1.60. The molecule has 0 saturated heterocycles. The number of carboxylic acids is 1. The van der Waals surface area contributed by atoms with Crippen molar-refractivity contribution in [3.63, 3.8) is 0 Å². The molecule has 0 aromatic carbocycles. The fourth-order valence-electron chi connectivity index (χ4n) is 1.18. The van der Waals surface area contributed by atoms with E-state index in [0.717, 1.165) is 5.69 Å². The number of nitrogens with one attached hydrogen (secondary N) is 1. The highest BCUT2D eigenvalue weighted by molar-refractivity contribution is 7.84. The molecule has 0 aliphatic rings. The summed E-state index contributed by atoms with van der Waals surface area (Å²) in [6, 6.07) is 3.16. The predicted molar refractivity (Wildman–Crippen MR) is 63.4 cm³/mol. The van der Waals surface area contributed by atoms with E-state index in [-0.39, 0.29) is 5.56 Å². The topological polar surface area (TPSA) is 79.3 Å². The number of hydrogen-bond donors (Lipinski definition) is 2. The number of hydrogen-bond acceptors (Lipinski definition) is 4. The Kier molecular flexibility index (Phi) is 4.42. The number of carbonyl (C=O) groups is 1. The van der Waals surface area contributed by atoms with Crippen LogP contribution in [-0.2, 0) is 10.8 Å². The molecule has 0 amide bonds.